The second-order valence-electron chi connectivity index (χ2n) is 8.05. The van der Waals surface area contributed by atoms with Gasteiger partial charge in [-0.05, 0) is 69.6 Å². The predicted octanol–water partition coefficient (Wildman–Crippen LogP) is 4.74. The Morgan fingerprint density at radius 2 is 2.09 bits per heavy atom. The van der Waals surface area contributed by atoms with Gasteiger partial charge < -0.3 is 24.6 Å². The summed E-state index contributed by atoms with van der Waals surface area (Å²) in [7, 11) is 1.58. The first-order valence-corrected chi connectivity index (χ1v) is 10.9. The van der Waals surface area contributed by atoms with E-state index in [-0.39, 0.29) is 5.91 Å². The van der Waals surface area contributed by atoms with Crippen molar-refractivity contribution in [3.63, 3.8) is 0 Å². The zero-order valence-electron chi connectivity index (χ0n) is 18.7. The van der Waals surface area contributed by atoms with Gasteiger partial charge in [-0.25, -0.2) is 0 Å². The maximum Gasteiger partial charge on any atom is 0.255 e. The second kappa shape index (κ2) is 9.87. The Balaban J connectivity index is 1.60. The van der Waals surface area contributed by atoms with E-state index in [1.165, 1.54) is 12.8 Å². The van der Waals surface area contributed by atoms with Gasteiger partial charge >= 0.3 is 0 Å². The Bertz CT molecular complexity index is 1070. The van der Waals surface area contributed by atoms with Gasteiger partial charge in [0.25, 0.3) is 5.91 Å². The van der Waals surface area contributed by atoms with E-state index < -0.39 is 0 Å². The fourth-order valence-corrected chi connectivity index (χ4v) is 4.02. The molecule has 168 valence electrons. The van der Waals surface area contributed by atoms with Gasteiger partial charge in [-0.2, -0.15) is 0 Å². The van der Waals surface area contributed by atoms with Crippen LogP contribution in [0.1, 0.15) is 41.1 Å². The number of piperidine rings is 1. The van der Waals surface area contributed by atoms with Gasteiger partial charge in [0.15, 0.2) is 0 Å². The normalized spacial score (nSPS) is 15.9. The summed E-state index contributed by atoms with van der Waals surface area (Å²) in [6.07, 6.45) is 3.53. The van der Waals surface area contributed by atoms with Crippen LogP contribution in [0.4, 0.5) is 5.69 Å². The van der Waals surface area contributed by atoms with E-state index in [4.69, 9.17) is 14.0 Å². The van der Waals surface area contributed by atoms with E-state index in [1.807, 2.05) is 32.0 Å². The molecule has 1 saturated heterocycles. The van der Waals surface area contributed by atoms with Crippen molar-refractivity contribution < 1.29 is 18.8 Å². The molecule has 7 heteroatoms. The monoisotopic (exact) mass is 435 g/mol. The highest BCUT2D eigenvalue weighted by molar-refractivity contribution is 6.05. The number of carbonyl (C=O) groups excluding carboxylic acids is 1. The molecule has 2 N–H and O–H groups in total. The van der Waals surface area contributed by atoms with Crippen molar-refractivity contribution in [2.24, 2.45) is 0 Å². The first kappa shape index (κ1) is 21.9. The van der Waals surface area contributed by atoms with Gasteiger partial charge in [-0.3, -0.25) is 4.79 Å². The van der Waals surface area contributed by atoms with Crippen LogP contribution >= 0.6 is 0 Å². The second-order valence-corrected chi connectivity index (χ2v) is 8.05. The minimum atomic E-state index is -0.214. The minimum absolute atomic E-state index is 0.214. The van der Waals surface area contributed by atoms with Crippen LogP contribution in [0.3, 0.4) is 0 Å². The number of methoxy groups -OCH3 is 1. The molecule has 0 aliphatic carbocycles. The summed E-state index contributed by atoms with van der Waals surface area (Å²) in [4.78, 5) is 12.8. The Labute approximate surface area is 188 Å². The molecule has 4 rings (SSSR count). The smallest absolute Gasteiger partial charge is 0.255 e. The first-order valence-electron chi connectivity index (χ1n) is 10.9. The molecule has 0 spiro atoms. The molecule has 0 bridgehead atoms. The molecule has 32 heavy (non-hydrogen) atoms. The maximum absolute atomic E-state index is 12.8. The lowest BCUT2D eigenvalue weighted by Gasteiger charge is -2.24. The SMILES string of the molecule is COc1cccc(C(=O)Nc2ccc(OC[C@H]3CCCCN3)c(-c3c(C)noc3C)c2)c1. The summed E-state index contributed by atoms with van der Waals surface area (Å²) >= 11 is 0. The summed E-state index contributed by atoms with van der Waals surface area (Å²) in [6, 6.07) is 13.1. The van der Waals surface area contributed by atoms with E-state index >= 15 is 0 Å². The molecule has 1 aromatic heterocycles. The van der Waals surface area contributed by atoms with Gasteiger partial charge in [0, 0.05) is 22.9 Å². The van der Waals surface area contributed by atoms with Crippen molar-refractivity contribution in [1.29, 1.82) is 0 Å². The molecule has 0 saturated carbocycles. The Morgan fingerprint density at radius 3 is 2.81 bits per heavy atom. The van der Waals surface area contributed by atoms with Crippen molar-refractivity contribution in [2.45, 2.75) is 39.2 Å². The summed E-state index contributed by atoms with van der Waals surface area (Å²) < 4.78 is 16.8. The van der Waals surface area contributed by atoms with Gasteiger partial charge in [-0.1, -0.05) is 17.6 Å². The van der Waals surface area contributed by atoms with Crippen molar-refractivity contribution in [2.75, 3.05) is 25.6 Å². The number of anilines is 1. The third-order valence-corrected chi connectivity index (χ3v) is 5.72. The lowest BCUT2D eigenvalue weighted by molar-refractivity contribution is 0.102. The highest BCUT2D eigenvalue weighted by Crippen LogP contribution is 2.37. The van der Waals surface area contributed by atoms with Crippen molar-refractivity contribution in [1.82, 2.24) is 10.5 Å². The molecule has 0 radical (unpaired) electrons. The first-order chi connectivity index (χ1) is 15.5. The molecule has 1 aliphatic rings. The minimum Gasteiger partial charge on any atom is -0.497 e. The van der Waals surface area contributed by atoms with E-state index in [1.54, 1.807) is 31.4 Å². The third kappa shape index (κ3) is 4.94. The zero-order valence-corrected chi connectivity index (χ0v) is 18.7. The van der Waals surface area contributed by atoms with Crippen LogP contribution in [-0.4, -0.2) is 37.4 Å². The third-order valence-electron chi connectivity index (χ3n) is 5.72. The number of hydrogen-bond donors (Lipinski definition) is 2. The fourth-order valence-electron chi connectivity index (χ4n) is 4.02. The highest BCUT2D eigenvalue weighted by atomic mass is 16.5. The number of nitrogens with one attached hydrogen (secondary N) is 2. The maximum atomic E-state index is 12.8. The van der Waals surface area contributed by atoms with E-state index in [0.717, 1.165) is 35.5 Å². The van der Waals surface area contributed by atoms with Crippen molar-refractivity contribution >= 4 is 11.6 Å². The number of benzene rings is 2. The average molecular weight is 436 g/mol. The van der Waals surface area contributed by atoms with Crippen LogP contribution < -0.4 is 20.1 Å². The zero-order chi connectivity index (χ0) is 22.5. The summed E-state index contributed by atoms with van der Waals surface area (Å²) in [5.41, 5.74) is 3.69. The molecular weight excluding hydrogens is 406 g/mol. The molecule has 1 amide bonds. The molecule has 2 aromatic carbocycles. The molecule has 1 aliphatic heterocycles. The molecule has 2 heterocycles. The van der Waals surface area contributed by atoms with Crippen LogP contribution in [0.15, 0.2) is 47.0 Å². The van der Waals surface area contributed by atoms with Gasteiger partial charge in [0.1, 0.15) is 23.9 Å². The Hall–Kier alpha value is -3.32. The van der Waals surface area contributed by atoms with E-state index in [9.17, 15) is 4.79 Å². The quantitative estimate of drug-likeness (QED) is 0.558. The molecular formula is C25H29N3O4. The number of nitrogens with zero attached hydrogens (tertiary/aromatic N) is 1. The number of hydrogen-bond acceptors (Lipinski definition) is 6. The largest absolute Gasteiger partial charge is 0.497 e. The van der Waals surface area contributed by atoms with Crippen LogP contribution in [0.5, 0.6) is 11.5 Å². The van der Waals surface area contributed by atoms with Crippen LogP contribution in [0, 0.1) is 13.8 Å². The Kier molecular flexibility index (Phi) is 6.75. The van der Waals surface area contributed by atoms with Crippen molar-refractivity contribution in [3.8, 4) is 22.6 Å². The molecule has 7 nitrogen and oxygen atoms in total. The lowest BCUT2D eigenvalue weighted by atomic mass is 10.0. The number of aryl methyl sites for hydroxylation is 2. The Morgan fingerprint density at radius 1 is 1.22 bits per heavy atom. The van der Waals surface area contributed by atoms with Gasteiger partial charge in [-0.15, -0.1) is 0 Å². The number of rotatable bonds is 7. The topological polar surface area (TPSA) is 85.6 Å². The van der Waals surface area contributed by atoms with Crippen LogP contribution in [0.2, 0.25) is 0 Å². The van der Waals surface area contributed by atoms with Crippen LogP contribution in [0.25, 0.3) is 11.1 Å². The van der Waals surface area contributed by atoms with E-state index in [0.29, 0.717) is 35.4 Å². The predicted molar refractivity (Wildman–Crippen MR) is 123 cm³/mol. The molecule has 3 aromatic rings. The summed E-state index contributed by atoms with van der Waals surface area (Å²) in [5, 5.41) is 10.6. The van der Waals surface area contributed by atoms with Gasteiger partial charge in [0.05, 0.1) is 18.4 Å². The van der Waals surface area contributed by atoms with Gasteiger partial charge in [0.2, 0.25) is 0 Å². The summed E-state index contributed by atoms with van der Waals surface area (Å²) in [6.45, 7) is 5.40. The van der Waals surface area contributed by atoms with E-state index in [2.05, 4.69) is 15.8 Å². The number of carbonyl (C=O) groups is 1. The number of amides is 1. The lowest BCUT2D eigenvalue weighted by Crippen LogP contribution is -2.38. The number of ether oxygens (including phenoxy) is 2. The molecule has 0 unspecified atom stereocenters. The molecule has 1 fully saturated rings. The number of aromatic nitrogens is 1. The highest BCUT2D eigenvalue weighted by Gasteiger charge is 2.20. The summed E-state index contributed by atoms with van der Waals surface area (Å²) in [5.74, 6) is 1.87. The average Bonchev–Trinajstić information content (AvgIpc) is 3.16. The van der Waals surface area contributed by atoms with Crippen LogP contribution in [-0.2, 0) is 0 Å². The standard InChI is InChI=1S/C25H29N3O4/c1-16-24(17(2)32-28-16)22-14-19(27-25(29)18-7-6-9-21(13-18)30-3)10-11-23(22)31-15-20-8-4-5-12-26-20/h6-7,9-11,13-14,20,26H,4-5,8,12,15H2,1-3H3,(H,27,29)/t20-/m1/s1. The van der Waals surface area contributed by atoms with Crippen molar-refractivity contribution in [3.05, 3.63) is 59.5 Å². The fraction of sp³-hybridized carbons (Fsp3) is 0.360. The molecule has 1 atom stereocenters.